The predicted molar refractivity (Wildman–Crippen MR) is 122 cm³/mol. The van der Waals surface area contributed by atoms with Crippen molar-refractivity contribution in [2.75, 3.05) is 14.2 Å². The molecule has 1 heterocycles. The molecule has 0 aliphatic rings. The van der Waals surface area contributed by atoms with Crippen molar-refractivity contribution in [2.24, 2.45) is 0 Å². The van der Waals surface area contributed by atoms with E-state index >= 15 is 0 Å². The summed E-state index contributed by atoms with van der Waals surface area (Å²) < 4.78 is 11.1. The first-order chi connectivity index (χ1) is 14.5. The second-order valence-corrected chi connectivity index (χ2v) is 7.68. The van der Waals surface area contributed by atoms with Crippen molar-refractivity contribution in [2.45, 2.75) is 52.0 Å². The first-order valence-electron chi connectivity index (χ1n) is 10.6. The Labute approximate surface area is 178 Å². The van der Waals surface area contributed by atoms with Crippen molar-refractivity contribution in [1.29, 1.82) is 0 Å². The van der Waals surface area contributed by atoms with Crippen molar-refractivity contribution in [3.05, 3.63) is 59.3 Å². The molecule has 0 aliphatic heterocycles. The fraction of sp³-hybridized carbons (Fsp3) is 0.400. The molecular formula is C25H32N2O3. The predicted octanol–water partition coefficient (Wildman–Crippen LogP) is 5.18. The van der Waals surface area contributed by atoms with Gasteiger partial charge in [-0.3, -0.25) is 4.79 Å². The van der Waals surface area contributed by atoms with Gasteiger partial charge in [0, 0.05) is 47.1 Å². The summed E-state index contributed by atoms with van der Waals surface area (Å²) in [5.41, 5.74) is 4.47. The number of nitrogens with one attached hydrogen (secondary N) is 2. The van der Waals surface area contributed by atoms with Gasteiger partial charge in [0.1, 0.15) is 11.5 Å². The third-order valence-electron chi connectivity index (χ3n) is 5.82. The number of aryl methyl sites for hydroxylation is 1. The highest BCUT2D eigenvalue weighted by atomic mass is 16.5. The largest absolute Gasteiger partial charge is 0.497 e. The molecule has 0 unspecified atom stereocenters. The Morgan fingerprint density at radius 2 is 1.90 bits per heavy atom. The van der Waals surface area contributed by atoms with E-state index in [1.165, 1.54) is 5.56 Å². The van der Waals surface area contributed by atoms with Crippen LogP contribution in [0.3, 0.4) is 0 Å². The van der Waals surface area contributed by atoms with E-state index in [0.29, 0.717) is 6.42 Å². The Hall–Kier alpha value is -2.95. The molecule has 2 N–H and O–H groups in total. The maximum absolute atomic E-state index is 12.9. The van der Waals surface area contributed by atoms with Crippen LogP contribution >= 0.6 is 0 Å². The Morgan fingerprint density at radius 3 is 2.57 bits per heavy atom. The summed E-state index contributed by atoms with van der Waals surface area (Å²) in [4.78, 5) is 16.3. The van der Waals surface area contributed by atoms with Crippen LogP contribution in [0.25, 0.3) is 10.9 Å². The van der Waals surface area contributed by atoms with E-state index in [0.717, 1.165) is 46.4 Å². The maximum atomic E-state index is 12.9. The van der Waals surface area contributed by atoms with Gasteiger partial charge in [0.2, 0.25) is 5.91 Å². The smallest absolute Gasteiger partial charge is 0.221 e. The maximum Gasteiger partial charge on any atom is 0.221 e. The first-order valence-corrected chi connectivity index (χ1v) is 10.6. The van der Waals surface area contributed by atoms with E-state index in [9.17, 15) is 4.79 Å². The average Bonchev–Trinajstić information content (AvgIpc) is 3.21. The van der Waals surface area contributed by atoms with E-state index in [1.807, 2.05) is 31.3 Å². The number of hydrogen-bond acceptors (Lipinski definition) is 3. The standard InChI is InChI=1S/C25H32N2O3/c1-6-16(3)27-24(28)14-21(19-12-11-18(29-4)13-23(19)30-5)22-15-26-25-17(7-2)9-8-10-20(22)25/h8-13,15-16,21,26H,6-7,14H2,1-5H3,(H,27,28)/t16-,21-/m1/s1. The highest BCUT2D eigenvalue weighted by Crippen LogP contribution is 2.40. The third kappa shape index (κ3) is 4.45. The Bertz CT molecular complexity index is 1010. The first kappa shape index (κ1) is 21.8. The summed E-state index contributed by atoms with van der Waals surface area (Å²) >= 11 is 0. The van der Waals surface area contributed by atoms with E-state index in [-0.39, 0.29) is 17.9 Å². The lowest BCUT2D eigenvalue weighted by Gasteiger charge is -2.21. The van der Waals surface area contributed by atoms with Gasteiger partial charge >= 0.3 is 0 Å². The van der Waals surface area contributed by atoms with Crippen molar-refractivity contribution in [3.8, 4) is 11.5 Å². The number of carbonyl (C=O) groups excluding carboxylic acids is 1. The van der Waals surface area contributed by atoms with Crippen LogP contribution < -0.4 is 14.8 Å². The second kappa shape index (κ2) is 9.70. The van der Waals surface area contributed by atoms with E-state index in [4.69, 9.17) is 9.47 Å². The molecule has 1 aromatic heterocycles. The molecule has 0 spiro atoms. The lowest BCUT2D eigenvalue weighted by atomic mass is 9.86. The molecule has 0 saturated heterocycles. The molecule has 5 nitrogen and oxygen atoms in total. The van der Waals surface area contributed by atoms with Crippen LogP contribution in [0.1, 0.15) is 56.2 Å². The van der Waals surface area contributed by atoms with Crippen LogP contribution in [0.5, 0.6) is 11.5 Å². The molecule has 3 aromatic rings. The number of fused-ring (bicyclic) bond motifs is 1. The zero-order valence-electron chi connectivity index (χ0n) is 18.5. The van der Waals surface area contributed by atoms with E-state index < -0.39 is 0 Å². The fourth-order valence-corrected chi connectivity index (χ4v) is 3.94. The van der Waals surface area contributed by atoms with Crippen molar-refractivity contribution in [3.63, 3.8) is 0 Å². The lowest BCUT2D eigenvalue weighted by Crippen LogP contribution is -2.33. The van der Waals surface area contributed by atoms with Gasteiger partial charge in [0.25, 0.3) is 0 Å². The topological polar surface area (TPSA) is 63.4 Å². The summed E-state index contributed by atoms with van der Waals surface area (Å²) in [6.45, 7) is 6.25. The van der Waals surface area contributed by atoms with Crippen molar-refractivity contribution < 1.29 is 14.3 Å². The molecule has 1 amide bonds. The molecule has 0 saturated carbocycles. The van der Waals surface area contributed by atoms with Gasteiger partial charge in [0.15, 0.2) is 0 Å². The minimum atomic E-state index is -0.143. The molecule has 5 heteroatoms. The summed E-state index contributed by atoms with van der Waals surface area (Å²) in [6, 6.07) is 12.3. The zero-order valence-corrected chi connectivity index (χ0v) is 18.5. The van der Waals surface area contributed by atoms with Crippen LogP contribution in [-0.2, 0) is 11.2 Å². The van der Waals surface area contributed by atoms with Crippen LogP contribution in [0.15, 0.2) is 42.6 Å². The minimum absolute atomic E-state index is 0.0354. The number of hydrogen-bond donors (Lipinski definition) is 2. The molecular weight excluding hydrogens is 376 g/mol. The molecule has 2 atom stereocenters. The summed E-state index contributed by atoms with van der Waals surface area (Å²) in [6.07, 6.45) is 4.22. The normalized spacial score (nSPS) is 13.1. The number of para-hydroxylation sites is 1. The Balaban J connectivity index is 2.10. The van der Waals surface area contributed by atoms with Gasteiger partial charge in [-0.05, 0) is 37.0 Å². The molecule has 0 fully saturated rings. The van der Waals surface area contributed by atoms with Crippen molar-refractivity contribution >= 4 is 16.8 Å². The van der Waals surface area contributed by atoms with Crippen LogP contribution in [0.4, 0.5) is 0 Å². The number of ether oxygens (including phenoxy) is 2. The summed E-state index contributed by atoms with van der Waals surface area (Å²) in [5.74, 6) is 1.34. The molecule has 3 rings (SSSR count). The van der Waals surface area contributed by atoms with Crippen molar-refractivity contribution in [1.82, 2.24) is 10.3 Å². The van der Waals surface area contributed by atoms with Gasteiger partial charge in [-0.2, -0.15) is 0 Å². The number of aromatic nitrogens is 1. The van der Waals surface area contributed by atoms with Gasteiger partial charge < -0.3 is 19.8 Å². The summed E-state index contributed by atoms with van der Waals surface area (Å²) in [5, 5.41) is 4.25. The molecule has 30 heavy (non-hydrogen) atoms. The van der Waals surface area contributed by atoms with E-state index in [2.05, 4.69) is 42.3 Å². The Morgan fingerprint density at radius 1 is 1.10 bits per heavy atom. The average molecular weight is 409 g/mol. The molecule has 2 aromatic carbocycles. The number of carbonyl (C=O) groups is 1. The SMILES string of the molecule is CCc1cccc2c([C@H](CC(=O)N[C@H](C)CC)c3ccc(OC)cc3OC)c[nH]c12. The van der Waals surface area contributed by atoms with Gasteiger partial charge in [0.05, 0.1) is 14.2 Å². The molecule has 160 valence electrons. The Kier molecular flexibility index (Phi) is 7.03. The van der Waals surface area contributed by atoms with Gasteiger partial charge in [-0.1, -0.05) is 38.1 Å². The molecule has 0 bridgehead atoms. The summed E-state index contributed by atoms with van der Waals surface area (Å²) in [7, 11) is 3.29. The molecule has 0 radical (unpaired) electrons. The number of benzene rings is 2. The number of methoxy groups -OCH3 is 2. The quantitative estimate of drug-likeness (QED) is 0.512. The minimum Gasteiger partial charge on any atom is -0.497 e. The van der Waals surface area contributed by atoms with Crippen LogP contribution in [0, 0.1) is 0 Å². The number of H-pyrrole nitrogens is 1. The number of rotatable bonds is 9. The third-order valence-corrected chi connectivity index (χ3v) is 5.82. The van der Waals surface area contributed by atoms with Gasteiger partial charge in [-0.15, -0.1) is 0 Å². The van der Waals surface area contributed by atoms with E-state index in [1.54, 1.807) is 14.2 Å². The number of amides is 1. The lowest BCUT2D eigenvalue weighted by molar-refractivity contribution is -0.121. The second-order valence-electron chi connectivity index (χ2n) is 7.68. The highest BCUT2D eigenvalue weighted by molar-refractivity contribution is 5.88. The highest BCUT2D eigenvalue weighted by Gasteiger charge is 2.25. The zero-order chi connectivity index (χ0) is 21.7. The molecule has 0 aliphatic carbocycles. The fourth-order valence-electron chi connectivity index (χ4n) is 3.94. The van der Waals surface area contributed by atoms with Crippen LogP contribution in [0.2, 0.25) is 0 Å². The van der Waals surface area contributed by atoms with Gasteiger partial charge in [-0.25, -0.2) is 0 Å². The number of aromatic amines is 1. The monoisotopic (exact) mass is 408 g/mol. The van der Waals surface area contributed by atoms with Crippen LogP contribution in [-0.4, -0.2) is 31.2 Å².